The third-order valence-corrected chi connectivity index (χ3v) is 3.34. The second-order valence-corrected chi connectivity index (χ2v) is 5.11. The van der Waals surface area contributed by atoms with Crippen LogP contribution in [0.3, 0.4) is 0 Å². The van der Waals surface area contributed by atoms with Crippen molar-refractivity contribution >= 4 is 29.3 Å². The van der Waals surface area contributed by atoms with Crippen molar-refractivity contribution in [3.8, 4) is 11.5 Å². The lowest BCUT2D eigenvalue weighted by atomic mass is 10.2. The van der Waals surface area contributed by atoms with E-state index in [0.29, 0.717) is 23.0 Å². The molecule has 8 heteroatoms. The fraction of sp³-hybridized carbons (Fsp3) is 0.231. The lowest BCUT2D eigenvalue weighted by molar-refractivity contribution is -0.133. The van der Waals surface area contributed by atoms with E-state index in [0.717, 1.165) is 11.8 Å². The number of hydrogen-bond acceptors (Lipinski definition) is 6. The average Bonchev–Trinajstić information content (AvgIpc) is 2.85. The maximum atomic E-state index is 11.8. The molecule has 1 heterocycles. The van der Waals surface area contributed by atoms with Gasteiger partial charge in [-0.3, -0.25) is 9.59 Å². The number of nitrogens with one attached hydrogen (secondary N) is 1. The van der Waals surface area contributed by atoms with E-state index in [2.05, 4.69) is 15.5 Å². The number of para-hydroxylation sites is 1. The number of benzene rings is 1. The molecule has 0 saturated carbocycles. The molecule has 0 fully saturated rings. The Hall–Kier alpha value is -2.35. The molecular weight excluding hydrogens is 294 g/mol. The summed E-state index contributed by atoms with van der Waals surface area (Å²) < 4.78 is 5.09. The number of hydrogen-bond donors (Lipinski definition) is 2. The van der Waals surface area contributed by atoms with Gasteiger partial charge in [-0.25, -0.2) is 0 Å². The molecule has 0 unspecified atom stereocenters. The van der Waals surface area contributed by atoms with Crippen LogP contribution in [0.25, 0.3) is 11.5 Å². The molecule has 0 spiro atoms. The number of thioether (sulfide) groups is 1. The predicted octanol–water partition coefficient (Wildman–Crippen LogP) is 1.80. The topological polar surface area (TPSA) is 105 Å². The van der Waals surface area contributed by atoms with Gasteiger partial charge in [0.15, 0.2) is 5.82 Å². The summed E-state index contributed by atoms with van der Waals surface area (Å²) in [4.78, 5) is 26.3. The Kier molecular flexibility index (Phi) is 4.94. The van der Waals surface area contributed by atoms with Gasteiger partial charge in [0, 0.05) is 0 Å². The second-order valence-electron chi connectivity index (χ2n) is 4.13. The van der Waals surface area contributed by atoms with Crippen LogP contribution in [0.4, 0.5) is 5.69 Å². The van der Waals surface area contributed by atoms with Gasteiger partial charge in [-0.2, -0.15) is 4.98 Å². The van der Waals surface area contributed by atoms with E-state index < -0.39 is 5.97 Å². The highest BCUT2D eigenvalue weighted by atomic mass is 32.2. The normalized spacial score (nSPS) is 10.3. The molecule has 0 aliphatic rings. The Labute approximate surface area is 124 Å². The number of aromatic nitrogens is 2. The highest BCUT2D eigenvalue weighted by Crippen LogP contribution is 2.26. The van der Waals surface area contributed by atoms with Crippen LogP contribution in [0, 0.1) is 6.92 Å². The van der Waals surface area contributed by atoms with Gasteiger partial charge in [-0.05, 0) is 19.1 Å². The van der Waals surface area contributed by atoms with E-state index in [1.54, 1.807) is 31.2 Å². The molecular formula is C13H13N3O4S. The summed E-state index contributed by atoms with van der Waals surface area (Å²) >= 11 is 1.03. The summed E-state index contributed by atoms with van der Waals surface area (Å²) in [5, 5.41) is 15.0. The lowest BCUT2D eigenvalue weighted by Gasteiger charge is -2.07. The molecule has 0 radical (unpaired) electrons. The highest BCUT2D eigenvalue weighted by molar-refractivity contribution is 8.00. The first-order valence-corrected chi connectivity index (χ1v) is 7.21. The van der Waals surface area contributed by atoms with Crippen LogP contribution in [0.2, 0.25) is 0 Å². The average molecular weight is 307 g/mol. The standard InChI is InChI=1S/C13H13N3O4S/c1-8-14-13(20-16-8)9-4-2-3-5-10(9)15-11(17)6-21-7-12(18)19/h2-5H,6-7H2,1H3,(H,15,17)(H,18,19). The zero-order valence-electron chi connectivity index (χ0n) is 11.2. The van der Waals surface area contributed by atoms with Crippen LogP contribution in [0.5, 0.6) is 0 Å². The fourth-order valence-electron chi connectivity index (χ4n) is 1.60. The summed E-state index contributed by atoms with van der Waals surface area (Å²) in [5.41, 5.74) is 1.16. The number of carboxylic acid groups (broad SMARTS) is 1. The van der Waals surface area contributed by atoms with Gasteiger partial charge in [0.2, 0.25) is 5.91 Å². The predicted molar refractivity (Wildman–Crippen MR) is 78.1 cm³/mol. The van der Waals surface area contributed by atoms with Crippen LogP contribution in [0.1, 0.15) is 5.82 Å². The van der Waals surface area contributed by atoms with Crippen LogP contribution in [-0.2, 0) is 9.59 Å². The first-order valence-electron chi connectivity index (χ1n) is 6.05. The van der Waals surface area contributed by atoms with Gasteiger partial charge in [0.25, 0.3) is 5.89 Å². The van der Waals surface area contributed by atoms with Crippen molar-refractivity contribution in [2.45, 2.75) is 6.92 Å². The number of aryl methyl sites for hydroxylation is 1. The van der Waals surface area contributed by atoms with Crippen molar-refractivity contribution in [2.75, 3.05) is 16.8 Å². The first-order chi connectivity index (χ1) is 10.1. The van der Waals surface area contributed by atoms with Crippen molar-refractivity contribution in [3.05, 3.63) is 30.1 Å². The smallest absolute Gasteiger partial charge is 0.313 e. The van der Waals surface area contributed by atoms with Crippen molar-refractivity contribution in [3.63, 3.8) is 0 Å². The third kappa shape index (κ3) is 4.32. The monoisotopic (exact) mass is 307 g/mol. The van der Waals surface area contributed by atoms with Gasteiger partial charge >= 0.3 is 5.97 Å². The molecule has 2 rings (SSSR count). The Bertz CT molecular complexity index is 656. The largest absolute Gasteiger partial charge is 0.481 e. The minimum absolute atomic E-state index is 0.0590. The van der Waals surface area contributed by atoms with E-state index in [4.69, 9.17) is 9.63 Å². The number of amides is 1. The summed E-state index contributed by atoms with van der Waals surface area (Å²) in [6.07, 6.45) is 0. The van der Waals surface area contributed by atoms with E-state index >= 15 is 0 Å². The van der Waals surface area contributed by atoms with Crippen LogP contribution in [-0.4, -0.2) is 38.6 Å². The zero-order valence-corrected chi connectivity index (χ0v) is 12.0. The number of aliphatic carboxylic acids is 1. The molecule has 21 heavy (non-hydrogen) atoms. The van der Waals surface area contributed by atoms with Gasteiger partial charge in [-0.15, -0.1) is 11.8 Å². The third-order valence-electron chi connectivity index (χ3n) is 2.42. The SMILES string of the molecule is Cc1noc(-c2ccccc2NC(=O)CSCC(=O)O)n1. The first kappa shape index (κ1) is 15.0. The quantitative estimate of drug-likeness (QED) is 0.838. The van der Waals surface area contributed by atoms with E-state index in [1.807, 2.05) is 0 Å². The molecule has 0 atom stereocenters. The van der Waals surface area contributed by atoms with E-state index in [9.17, 15) is 9.59 Å². The van der Waals surface area contributed by atoms with Gasteiger partial charge in [0.05, 0.1) is 22.8 Å². The van der Waals surface area contributed by atoms with Gasteiger partial charge in [-0.1, -0.05) is 17.3 Å². The highest BCUT2D eigenvalue weighted by Gasteiger charge is 2.13. The van der Waals surface area contributed by atoms with E-state index in [-0.39, 0.29) is 17.4 Å². The number of carbonyl (C=O) groups is 2. The molecule has 0 saturated heterocycles. The van der Waals surface area contributed by atoms with Crippen LogP contribution in [0.15, 0.2) is 28.8 Å². The molecule has 0 aliphatic heterocycles. The van der Waals surface area contributed by atoms with Crippen molar-refractivity contribution < 1.29 is 19.2 Å². The minimum atomic E-state index is -0.950. The minimum Gasteiger partial charge on any atom is -0.481 e. The molecule has 0 aliphatic carbocycles. The van der Waals surface area contributed by atoms with Crippen molar-refractivity contribution in [2.24, 2.45) is 0 Å². The summed E-state index contributed by atoms with van der Waals surface area (Å²) in [5.74, 6) is -0.467. The van der Waals surface area contributed by atoms with Crippen LogP contribution >= 0.6 is 11.8 Å². The maximum Gasteiger partial charge on any atom is 0.313 e. The Morgan fingerprint density at radius 3 is 2.76 bits per heavy atom. The zero-order chi connectivity index (χ0) is 15.2. The molecule has 1 aromatic carbocycles. The molecule has 2 N–H and O–H groups in total. The number of anilines is 1. The molecule has 1 amide bonds. The summed E-state index contributed by atoms with van der Waals surface area (Å²) in [6.45, 7) is 1.71. The number of rotatable bonds is 6. The number of carboxylic acids is 1. The molecule has 0 bridgehead atoms. The molecule has 110 valence electrons. The van der Waals surface area contributed by atoms with Crippen molar-refractivity contribution in [1.82, 2.24) is 10.1 Å². The Morgan fingerprint density at radius 1 is 1.33 bits per heavy atom. The maximum absolute atomic E-state index is 11.8. The molecule has 7 nitrogen and oxygen atoms in total. The summed E-state index contributed by atoms with van der Waals surface area (Å²) in [6, 6.07) is 7.04. The number of nitrogens with zero attached hydrogens (tertiary/aromatic N) is 2. The molecule has 1 aromatic heterocycles. The number of carbonyl (C=O) groups excluding carboxylic acids is 1. The second kappa shape index (κ2) is 6.89. The fourth-order valence-corrected chi connectivity index (χ4v) is 2.14. The molecule has 2 aromatic rings. The van der Waals surface area contributed by atoms with Gasteiger partial charge in [0.1, 0.15) is 0 Å². The van der Waals surface area contributed by atoms with E-state index in [1.165, 1.54) is 0 Å². The van der Waals surface area contributed by atoms with Crippen molar-refractivity contribution in [1.29, 1.82) is 0 Å². The van der Waals surface area contributed by atoms with Crippen LogP contribution < -0.4 is 5.32 Å². The lowest BCUT2D eigenvalue weighted by Crippen LogP contribution is -2.16. The Morgan fingerprint density at radius 2 is 2.10 bits per heavy atom. The van der Waals surface area contributed by atoms with Gasteiger partial charge < -0.3 is 14.9 Å². The Balaban J connectivity index is 2.07. The summed E-state index contributed by atoms with van der Waals surface area (Å²) in [7, 11) is 0.